The first-order valence-electron chi connectivity index (χ1n) is 10.9. The first-order valence-corrected chi connectivity index (χ1v) is 10.9. The van der Waals surface area contributed by atoms with Crippen LogP contribution in [-0.2, 0) is 0 Å². The van der Waals surface area contributed by atoms with E-state index in [9.17, 15) is 15.3 Å². The largest absolute Gasteiger partial charge is 0.507 e. The molecule has 4 heteroatoms. The highest BCUT2D eigenvalue weighted by Crippen LogP contribution is 2.57. The van der Waals surface area contributed by atoms with Crippen LogP contribution in [0.5, 0.6) is 28.7 Å². The molecule has 0 radical (unpaired) electrons. The van der Waals surface area contributed by atoms with Gasteiger partial charge in [0.25, 0.3) is 0 Å². The molecule has 0 aliphatic carbocycles. The summed E-state index contributed by atoms with van der Waals surface area (Å²) in [6, 6.07) is 23.2. The van der Waals surface area contributed by atoms with Crippen molar-refractivity contribution in [3.8, 4) is 28.7 Å². The van der Waals surface area contributed by atoms with E-state index in [4.69, 9.17) is 4.74 Å². The van der Waals surface area contributed by atoms with Crippen molar-refractivity contribution in [1.29, 1.82) is 0 Å². The molecule has 162 valence electrons. The van der Waals surface area contributed by atoms with Gasteiger partial charge in [-0.05, 0) is 64.2 Å². The summed E-state index contributed by atoms with van der Waals surface area (Å²) in [5, 5.41) is 36.1. The van der Waals surface area contributed by atoms with E-state index < -0.39 is 0 Å². The Hall–Kier alpha value is -4.18. The molecule has 33 heavy (non-hydrogen) atoms. The normalized spacial score (nSPS) is 13.0. The van der Waals surface area contributed by atoms with Crippen LogP contribution in [0, 0.1) is 13.8 Å². The maximum absolute atomic E-state index is 11.0. The lowest BCUT2D eigenvalue weighted by Crippen LogP contribution is -2.14. The van der Waals surface area contributed by atoms with E-state index in [2.05, 4.69) is 0 Å². The lowest BCUT2D eigenvalue weighted by molar-refractivity contribution is 0.372. The summed E-state index contributed by atoms with van der Waals surface area (Å²) in [5.41, 5.74) is 4.19. The van der Waals surface area contributed by atoms with Crippen molar-refractivity contribution in [3.05, 3.63) is 101 Å². The molecule has 1 aliphatic heterocycles. The average molecular weight is 434 g/mol. The number of benzene rings is 5. The minimum atomic E-state index is -0.323. The highest BCUT2D eigenvalue weighted by Gasteiger charge is 2.36. The molecule has 1 aliphatic rings. The van der Waals surface area contributed by atoms with Gasteiger partial charge >= 0.3 is 0 Å². The van der Waals surface area contributed by atoms with Crippen LogP contribution in [0.4, 0.5) is 0 Å². The fourth-order valence-electron chi connectivity index (χ4n) is 5.21. The van der Waals surface area contributed by atoms with Gasteiger partial charge in [0, 0.05) is 17.0 Å². The van der Waals surface area contributed by atoms with Gasteiger partial charge in [0.1, 0.15) is 5.75 Å². The first kappa shape index (κ1) is 19.5. The Kier molecular flexibility index (Phi) is 4.08. The minimum Gasteiger partial charge on any atom is -0.507 e. The summed E-state index contributed by atoms with van der Waals surface area (Å²) in [7, 11) is 0. The van der Waals surface area contributed by atoms with Crippen molar-refractivity contribution in [1.82, 2.24) is 0 Å². The number of ether oxygens (including phenoxy) is 1. The molecule has 0 amide bonds. The number of phenolic OH excluding ortho intramolecular Hbond substituents is 3. The molecular formula is C29H22O4. The van der Waals surface area contributed by atoms with Gasteiger partial charge in [-0.3, -0.25) is 0 Å². The van der Waals surface area contributed by atoms with E-state index in [-0.39, 0.29) is 23.2 Å². The first-order chi connectivity index (χ1) is 15.9. The second-order valence-electron chi connectivity index (χ2n) is 8.76. The molecule has 0 spiro atoms. The van der Waals surface area contributed by atoms with Crippen LogP contribution in [-0.4, -0.2) is 15.3 Å². The van der Waals surface area contributed by atoms with Crippen molar-refractivity contribution in [2.45, 2.75) is 19.8 Å². The van der Waals surface area contributed by atoms with E-state index >= 15 is 0 Å². The van der Waals surface area contributed by atoms with E-state index in [1.54, 1.807) is 12.1 Å². The van der Waals surface area contributed by atoms with Crippen molar-refractivity contribution in [3.63, 3.8) is 0 Å². The van der Waals surface area contributed by atoms with Gasteiger partial charge in [0.15, 0.2) is 23.0 Å². The Morgan fingerprint density at radius 3 is 1.58 bits per heavy atom. The molecular weight excluding hydrogens is 412 g/mol. The van der Waals surface area contributed by atoms with E-state index in [0.29, 0.717) is 11.5 Å². The fourth-order valence-corrected chi connectivity index (χ4v) is 5.21. The van der Waals surface area contributed by atoms with Gasteiger partial charge in [-0.1, -0.05) is 60.7 Å². The number of aryl methyl sites for hydroxylation is 2. The molecule has 0 aromatic heterocycles. The number of hydrogen-bond donors (Lipinski definition) is 3. The molecule has 0 saturated carbocycles. The Bertz CT molecular complexity index is 1490. The topological polar surface area (TPSA) is 69.9 Å². The molecule has 1 heterocycles. The monoisotopic (exact) mass is 434 g/mol. The number of aromatic hydroxyl groups is 3. The van der Waals surface area contributed by atoms with Gasteiger partial charge in [-0.15, -0.1) is 0 Å². The van der Waals surface area contributed by atoms with Crippen molar-refractivity contribution >= 4 is 21.5 Å². The number of fused-ring (bicyclic) bond motifs is 6. The maximum Gasteiger partial charge on any atom is 0.174 e. The molecule has 6 rings (SSSR count). The summed E-state index contributed by atoms with van der Waals surface area (Å²) in [5.74, 6) is 0.696. The average Bonchev–Trinajstić information content (AvgIpc) is 2.81. The van der Waals surface area contributed by atoms with Crippen LogP contribution in [0.3, 0.4) is 0 Å². The van der Waals surface area contributed by atoms with Gasteiger partial charge in [-0.25, -0.2) is 0 Å². The maximum atomic E-state index is 11.0. The van der Waals surface area contributed by atoms with E-state index in [0.717, 1.165) is 49.4 Å². The summed E-state index contributed by atoms with van der Waals surface area (Å²) >= 11 is 0. The predicted octanol–water partition coefficient (Wildman–Crippen LogP) is 7.01. The summed E-state index contributed by atoms with van der Waals surface area (Å²) in [6.07, 6.45) is 0. The van der Waals surface area contributed by atoms with Gasteiger partial charge in [-0.2, -0.15) is 0 Å². The predicted molar refractivity (Wildman–Crippen MR) is 130 cm³/mol. The smallest absolute Gasteiger partial charge is 0.174 e. The van der Waals surface area contributed by atoms with Gasteiger partial charge in [0.2, 0.25) is 0 Å². The Labute approximate surface area is 190 Å². The van der Waals surface area contributed by atoms with Crippen molar-refractivity contribution in [2.75, 3.05) is 0 Å². The Balaban J connectivity index is 1.81. The fraction of sp³-hybridized carbons (Fsp3) is 0.103. The lowest BCUT2D eigenvalue weighted by Gasteiger charge is -2.32. The number of rotatable bonds is 1. The molecule has 0 saturated heterocycles. The highest BCUT2D eigenvalue weighted by atomic mass is 16.5. The van der Waals surface area contributed by atoms with E-state index in [1.165, 1.54) is 0 Å². The van der Waals surface area contributed by atoms with Crippen LogP contribution in [0.2, 0.25) is 0 Å². The zero-order valence-corrected chi connectivity index (χ0v) is 18.3. The second-order valence-corrected chi connectivity index (χ2v) is 8.76. The Morgan fingerprint density at radius 1 is 0.636 bits per heavy atom. The molecule has 5 aromatic carbocycles. The molecule has 0 bridgehead atoms. The van der Waals surface area contributed by atoms with Crippen molar-refractivity contribution in [2.24, 2.45) is 0 Å². The number of phenols is 3. The SMILES string of the molecule is Cc1cc(C2c3c(c(O)cc4ccccc34)Oc3c(O)cc4ccccc4c32)cc(C)c1O. The molecule has 5 aromatic rings. The molecule has 0 atom stereocenters. The van der Waals surface area contributed by atoms with Crippen molar-refractivity contribution < 1.29 is 20.1 Å². The van der Waals surface area contributed by atoms with Gasteiger partial charge < -0.3 is 20.1 Å². The lowest BCUT2D eigenvalue weighted by atomic mass is 9.77. The highest BCUT2D eigenvalue weighted by molar-refractivity contribution is 5.97. The third-order valence-electron chi connectivity index (χ3n) is 6.67. The molecule has 0 unspecified atom stereocenters. The molecule has 3 N–H and O–H groups in total. The van der Waals surface area contributed by atoms with Gasteiger partial charge in [0.05, 0.1) is 0 Å². The second kappa shape index (κ2) is 6.91. The number of hydrogen-bond acceptors (Lipinski definition) is 4. The summed E-state index contributed by atoms with van der Waals surface area (Å²) < 4.78 is 6.24. The van der Waals surface area contributed by atoms with Crippen LogP contribution in [0.25, 0.3) is 21.5 Å². The quantitative estimate of drug-likeness (QED) is 0.260. The van der Waals surface area contributed by atoms with Crippen LogP contribution < -0.4 is 4.74 Å². The van der Waals surface area contributed by atoms with E-state index in [1.807, 2.05) is 74.5 Å². The third kappa shape index (κ3) is 2.77. The minimum absolute atomic E-state index is 0.0270. The molecule has 0 fully saturated rings. The standard InChI is InChI=1S/C29H22O4/c1-15-11-19(12-16(2)27(15)32)24-25-20-9-5-3-7-17(20)13-22(30)28(25)33-29-23(31)14-18-8-4-6-10-21(18)26(24)29/h3-14,24,30-32H,1-2H3. The third-order valence-corrected chi connectivity index (χ3v) is 6.67. The molecule has 4 nitrogen and oxygen atoms in total. The summed E-state index contributed by atoms with van der Waals surface area (Å²) in [6.45, 7) is 3.77. The zero-order valence-electron chi connectivity index (χ0n) is 18.3. The van der Waals surface area contributed by atoms with Crippen LogP contribution in [0.1, 0.15) is 33.7 Å². The zero-order chi connectivity index (χ0) is 22.9. The Morgan fingerprint density at radius 2 is 1.09 bits per heavy atom. The van der Waals surface area contributed by atoms with Crippen LogP contribution >= 0.6 is 0 Å². The van der Waals surface area contributed by atoms with Crippen LogP contribution in [0.15, 0.2) is 72.8 Å². The summed E-state index contributed by atoms with van der Waals surface area (Å²) in [4.78, 5) is 0.